The topological polar surface area (TPSA) is 61.7 Å². The molecule has 0 aromatic heterocycles. The van der Waals surface area contributed by atoms with Crippen LogP contribution in [-0.2, 0) is 0 Å². The molecule has 0 unspecified atom stereocenters. The lowest BCUT2D eigenvalue weighted by molar-refractivity contribution is 0.0906. The normalized spacial score (nSPS) is 13.3. The van der Waals surface area contributed by atoms with Crippen molar-refractivity contribution in [3.8, 4) is 5.75 Å². The monoisotopic (exact) mass is 301 g/mol. The van der Waals surface area contributed by atoms with E-state index in [9.17, 15) is 5.11 Å². The van der Waals surface area contributed by atoms with Gasteiger partial charge in [0, 0.05) is 17.1 Å². The second kappa shape index (κ2) is 7.27. The van der Waals surface area contributed by atoms with E-state index in [2.05, 4.69) is 5.32 Å². The molecule has 0 aliphatic rings. The first-order chi connectivity index (χ1) is 9.25. The van der Waals surface area contributed by atoms with Crippen LogP contribution in [0.2, 0.25) is 5.02 Å². The molecule has 1 aromatic rings. The first kappa shape index (κ1) is 17.2. The molecule has 3 N–H and O–H groups in total. The molecule has 0 amide bonds. The number of aliphatic hydroxyl groups excluding tert-OH is 2. The Hall–Kier alpha value is -0.810. The highest BCUT2D eigenvalue weighted by molar-refractivity contribution is 6.32. The van der Waals surface area contributed by atoms with E-state index in [1.807, 2.05) is 39.8 Å². The summed E-state index contributed by atoms with van der Waals surface area (Å²) < 4.78 is 5.57. The van der Waals surface area contributed by atoms with E-state index < -0.39 is 11.6 Å². The second-order valence-electron chi connectivity index (χ2n) is 5.76. The quantitative estimate of drug-likeness (QED) is 0.721. The number of hydrogen-bond acceptors (Lipinski definition) is 4. The molecule has 114 valence electrons. The van der Waals surface area contributed by atoms with Crippen LogP contribution in [0.25, 0.3) is 0 Å². The van der Waals surface area contributed by atoms with Crippen molar-refractivity contribution in [1.82, 2.24) is 5.32 Å². The molecular weight excluding hydrogens is 278 g/mol. The zero-order valence-electron chi connectivity index (χ0n) is 12.5. The van der Waals surface area contributed by atoms with Gasteiger partial charge in [-0.3, -0.25) is 0 Å². The second-order valence-corrected chi connectivity index (χ2v) is 6.14. The third-order valence-corrected chi connectivity index (χ3v) is 3.66. The maximum Gasteiger partial charge on any atom is 0.120 e. The Kier molecular flexibility index (Phi) is 6.27. The van der Waals surface area contributed by atoms with Gasteiger partial charge in [0.15, 0.2) is 0 Å². The molecule has 0 saturated heterocycles. The van der Waals surface area contributed by atoms with Crippen molar-refractivity contribution in [3.05, 3.63) is 28.3 Å². The molecular formula is C15H24ClNO3. The number of aliphatic hydroxyl groups is 2. The van der Waals surface area contributed by atoms with Gasteiger partial charge < -0.3 is 20.3 Å². The van der Waals surface area contributed by atoms with E-state index in [1.165, 1.54) is 0 Å². The van der Waals surface area contributed by atoms with Crippen molar-refractivity contribution in [1.29, 1.82) is 0 Å². The van der Waals surface area contributed by atoms with Crippen LogP contribution in [0.1, 0.15) is 25.0 Å². The molecule has 0 aliphatic carbocycles. The molecule has 0 spiro atoms. The Labute approximate surface area is 125 Å². The Morgan fingerprint density at radius 3 is 2.35 bits per heavy atom. The van der Waals surface area contributed by atoms with Crippen LogP contribution in [0.15, 0.2) is 12.1 Å². The van der Waals surface area contributed by atoms with Gasteiger partial charge >= 0.3 is 0 Å². The number of benzene rings is 1. The van der Waals surface area contributed by atoms with Crippen LogP contribution in [0.5, 0.6) is 5.75 Å². The SMILES string of the molecule is Cc1cc(OC[C@@H](O)CNC(C)(C)CO)cc(C)c1Cl. The predicted molar refractivity (Wildman–Crippen MR) is 81.6 cm³/mol. The number of nitrogens with one attached hydrogen (secondary N) is 1. The number of aryl methyl sites for hydroxylation is 2. The number of β-amino-alcohol motifs (C(OH)–C–C–N with tert-alkyl or cyclic N) is 1. The van der Waals surface area contributed by atoms with Crippen LogP contribution in [0.4, 0.5) is 0 Å². The number of rotatable bonds is 7. The molecule has 1 aromatic carbocycles. The summed E-state index contributed by atoms with van der Waals surface area (Å²) in [7, 11) is 0. The number of hydrogen-bond donors (Lipinski definition) is 3. The predicted octanol–water partition coefficient (Wildman–Crippen LogP) is 2.06. The van der Waals surface area contributed by atoms with Gasteiger partial charge in [0.25, 0.3) is 0 Å². The van der Waals surface area contributed by atoms with Crippen LogP contribution in [-0.4, -0.2) is 41.6 Å². The van der Waals surface area contributed by atoms with Crippen molar-refractivity contribution in [2.24, 2.45) is 0 Å². The van der Waals surface area contributed by atoms with Gasteiger partial charge in [0.05, 0.1) is 6.61 Å². The highest BCUT2D eigenvalue weighted by Gasteiger charge is 2.17. The summed E-state index contributed by atoms with van der Waals surface area (Å²) >= 11 is 6.09. The fraction of sp³-hybridized carbons (Fsp3) is 0.600. The summed E-state index contributed by atoms with van der Waals surface area (Å²) in [6.07, 6.45) is -0.642. The summed E-state index contributed by atoms with van der Waals surface area (Å²) in [6.45, 7) is 8.14. The van der Waals surface area contributed by atoms with Gasteiger partial charge in [0.2, 0.25) is 0 Å². The fourth-order valence-electron chi connectivity index (χ4n) is 1.69. The molecule has 5 heteroatoms. The lowest BCUT2D eigenvalue weighted by atomic mass is 10.1. The molecule has 4 nitrogen and oxygen atoms in total. The van der Waals surface area contributed by atoms with Gasteiger partial charge in [-0.25, -0.2) is 0 Å². The Morgan fingerprint density at radius 2 is 1.85 bits per heavy atom. The number of ether oxygens (including phenoxy) is 1. The zero-order chi connectivity index (χ0) is 15.3. The van der Waals surface area contributed by atoms with Gasteiger partial charge in [-0.05, 0) is 51.0 Å². The summed E-state index contributed by atoms with van der Waals surface area (Å²) in [5.41, 5.74) is 1.50. The standard InChI is InChI=1S/C15H24ClNO3/c1-10-5-13(6-11(2)14(10)16)20-8-12(19)7-17-15(3,4)9-18/h5-6,12,17-19H,7-9H2,1-4H3/t12-/m0/s1. The van der Waals surface area contributed by atoms with Crippen LogP contribution in [0, 0.1) is 13.8 Å². The minimum absolute atomic E-state index is 0.0101. The van der Waals surface area contributed by atoms with Crippen LogP contribution < -0.4 is 10.1 Å². The highest BCUT2D eigenvalue weighted by Crippen LogP contribution is 2.25. The Morgan fingerprint density at radius 1 is 1.30 bits per heavy atom. The third-order valence-electron chi connectivity index (χ3n) is 3.06. The maximum absolute atomic E-state index is 9.87. The summed E-state index contributed by atoms with van der Waals surface area (Å²) in [6, 6.07) is 3.71. The van der Waals surface area contributed by atoms with Crippen molar-refractivity contribution in [3.63, 3.8) is 0 Å². The van der Waals surface area contributed by atoms with E-state index in [-0.39, 0.29) is 13.2 Å². The molecule has 0 radical (unpaired) electrons. The molecule has 0 bridgehead atoms. The molecule has 1 rings (SSSR count). The summed E-state index contributed by atoms with van der Waals surface area (Å²) in [4.78, 5) is 0. The molecule has 0 fully saturated rings. The lowest BCUT2D eigenvalue weighted by Crippen LogP contribution is -2.47. The summed E-state index contributed by atoms with van der Waals surface area (Å²) in [5.74, 6) is 0.699. The average Bonchev–Trinajstić information content (AvgIpc) is 2.40. The van der Waals surface area contributed by atoms with Gasteiger partial charge in [-0.2, -0.15) is 0 Å². The van der Waals surface area contributed by atoms with E-state index in [0.717, 1.165) is 16.1 Å². The smallest absolute Gasteiger partial charge is 0.120 e. The van der Waals surface area contributed by atoms with E-state index in [0.29, 0.717) is 12.3 Å². The molecule has 0 heterocycles. The van der Waals surface area contributed by atoms with Gasteiger partial charge in [-0.1, -0.05) is 11.6 Å². The van der Waals surface area contributed by atoms with Gasteiger partial charge in [-0.15, -0.1) is 0 Å². The zero-order valence-corrected chi connectivity index (χ0v) is 13.3. The fourth-order valence-corrected chi connectivity index (χ4v) is 1.80. The molecule has 20 heavy (non-hydrogen) atoms. The van der Waals surface area contributed by atoms with Crippen molar-refractivity contribution in [2.75, 3.05) is 19.8 Å². The Balaban J connectivity index is 2.47. The minimum Gasteiger partial charge on any atom is -0.491 e. The highest BCUT2D eigenvalue weighted by atomic mass is 35.5. The minimum atomic E-state index is -0.642. The average molecular weight is 302 g/mol. The van der Waals surface area contributed by atoms with E-state index in [1.54, 1.807) is 0 Å². The van der Waals surface area contributed by atoms with E-state index >= 15 is 0 Å². The Bertz CT molecular complexity index is 426. The molecule has 0 aliphatic heterocycles. The third kappa shape index (κ3) is 5.29. The van der Waals surface area contributed by atoms with Crippen molar-refractivity contribution in [2.45, 2.75) is 39.3 Å². The summed E-state index contributed by atoms with van der Waals surface area (Å²) in [5, 5.41) is 22.8. The number of halogens is 1. The van der Waals surface area contributed by atoms with Crippen LogP contribution in [0.3, 0.4) is 0 Å². The van der Waals surface area contributed by atoms with Crippen molar-refractivity contribution < 1.29 is 14.9 Å². The molecule has 0 saturated carbocycles. The van der Waals surface area contributed by atoms with Gasteiger partial charge in [0.1, 0.15) is 18.5 Å². The van der Waals surface area contributed by atoms with Crippen molar-refractivity contribution >= 4 is 11.6 Å². The van der Waals surface area contributed by atoms with Crippen LogP contribution >= 0.6 is 11.6 Å². The molecule has 1 atom stereocenters. The lowest BCUT2D eigenvalue weighted by Gasteiger charge is -2.25. The van der Waals surface area contributed by atoms with E-state index in [4.69, 9.17) is 21.4 Å². The first-order valence-corrected chi connectivity index (χ1v) is 7.06. The first-order valence-electron chi connectivity index (χ1n) is 6.68. The maximum atomic E-state index is 9.87. The largest absolute Gasteiger partial charge is 0.491 e.